The number of hydrogen-bond acceptors (Lipinski definition) is 3. The number of thioether (sulfide) groups is 1. The van der Waals surface area contributed by atoms with Crippen LogP contribution in [0.4, 0.5) is 0 Å². The predicted octanol–water partition coefficient (Wildman–Crippen LogP) is 4.57. The van der Waals surface area contributed by atoms with Crippen molar-refractivity contribution in [3.8, 4) is 6.07 Å². The normalized spacial score (nSPS) is 10.5. The van der Waals surface area contributed by atoms with Gasteiger partial charge in [-0.25, -0.2) is 0 Å². The Hall–Kier alpha value is -2.31. The summed E-state index contributed by atoms with van der Waals surface area (Å²) in [7, 11) is 0. The fraction of sp³-hybridized carbons (Fsp3) is 0.111. The van der Waals surface area contributed by atoms with Crippen LogP contribution in [0.3, 0.4) is 0 Å². The molecular formula is C18H15NOS. The van der Waals surface area contributed by atoms with Gasteiger partial charge in [-0.3, -0.25) is 4.79 Å². The summed E-state index contributed by atoms with van der Waals surface area (Å²) in [5.74, 6) is 0.953. The lowest BCUT2D eigenvalue weighted by Crippen LogP contribution is -1.94. The van der Waals surface area contributed by atoms with Crippen LogP contribution in [0.5, 0.6) is 0 Å². The second-order valence-corrected chi connectivity index (χ2v) is 5.69. The number of carbonyl (C=O) groups is 1. The number of rotatable bonds is 5. The molecule has 2 nitrogen and oxygen atoms in total. The molecule has 0 atom stereocenters. The molecule has 0 aliphatic rings. The van der Waals surface area contributed by atoms with E-state index in [1.807, 2.05) is 42.5 Å². The second kappa shape index (κ2) is 7.47. The highest BCUT2D eigenvalue weighted by Gasteiger charge is 2.03. The highest BCUT2D eigenvalue weighted by atomic mass is 32.2. The summed E-state index contributed by atoms with van der Waals surface area (Å²) in [6.45, 7) is 2.10. The van der Waals surface area contributed by atoms with E-state index in [1.165, 1.54) is 6.08 Å². The predicted molar refractivity (Wildman–Crippen MR) is 87.4 cm³/mol. The van der Waals surface area contributed by atoms with E-state index in [-0.39, 0.29) is 5.78 Å². The number of allylic oxidation sites excluding steroid dienone is 1. The van der Waals surface area contributed by atoms with Gasteiger partial charge in [0.25, 0.3) is 0 Å². The number of benzene rings is 2. The first-order valence-corrected chi connectivity index (χ1v) is 7.67. The number of ketones is 1. The Morgan fingerprint density at radius 3 is 2.57 bits per heavy atom. The first kappa shape index (κ1) is 15.1. The van der Waals surface area contributed by atoms with E-state index < -0.39 is 0 Å². The van der Waals surface area contributed by atoms with Gasteiger partial charge in [0.1, 0.15) is 0 Å². The van der Waals surface area contributed by atoms with Crippen molar-refractivity contribution >= 4 is 23.6 Å². The topological polar surface area (TPSA) is 40.9 Å². The highest BCUT2D eigenvalue weighted by Crippen LogP contribution is 2.18. The van der Waals surface area contributed by atoms with Gasteiger partial charge < -0.3 is 0 Å². The molecule has 2 aromatic rings. The summed E-state index contributed by atoms with van der Waals surface area (Å²) in [5, 5.41) is 9.01. The zero-order chi connectivity index (χ0) is 15.1. The summed E-state index contributed by atoms with van der Waals surface area (Å²) in [4.78, 5) is 13.3. The maximum absolute atomic E-state index is 12.1. The van der Waals surface area contributed by atoms with E-state index in [9.17, 15) is 4.79 Å². The van der Waals surface area contributed by atoms with Crippen molar-refractivity contribution in [1.29, 1.82) is 5.26 Å². The Morgan fingerprint density at radius 2 is 1.90 bits per heavy atom. The zero-order valence-electron chi connectivity index (χ0n) is 11.7. The summed E-state index contributed by atoms with van der Waals surface area (Å²) < 4.78 is 0. The Bertz CT molecular complexity index is 696. The molecular weight excluding hydrogens is 278 g/mol. The van der Waals surface area contributed by atoms with E-state index in [4.69, 9.17) is 5.26 Å². The Balaban J connectivity index is 2.14. The Morgan fingerprint density at radius 1 is 1.19 bits per heavy atom. The minimum atomic E-state index is -0.0595. The summed E-state index contributed by atoms with van der Waals surface area (Å²) in [6.07, 6.45) is 3.20. The summed E-state index contributed by atoms with van der Waals surface area (Å²) in [5.41, 5.74) is 1.98. The van der Waals surface area contributed by atoms with Gasteiger partial charge in [0.15, 0.2) is 5.78 Å². The number of nitrogens with zero attached hydrogens (tertiary/aromatic N) is 1. The molecule has 0 saturated carbocycles. The smallest absolute Gasteiger partial charge is 0.185 e. The number of hydrogen-bond donors (Lipinski definition) is 0. The molecule has 0 radical (unpaired) electrons. The van der Waals surface area contributed by atoms with Gasteiger partial charge in [-0.2, -0.15) is 5.26 Å². The van der Waals surface area contributed by atoms with Crippen molar-refractivity contribution in [3.05, 3.63) is 71.3 Å². The number of nitriles is 1. The maximum atomic E-state index is 12.1. The van der Waals surface area contributed by atoms with Crippen LogP contribution in [0.15, 0.2) is 59.5 Å². The fourth-order valence-electron chi connectivity index (χ4n) is 1.89. The molecule has 0 fully saturated rings. The minimum Gasteiger partial charge on any atom is -0.289 e. The Kier molecular flexibility index (Phi) is 5.36. The molecule has 0 spiro atoms. The van der Waals surface area contributed by atoms with Gasteiger partial charge in [-0.15, -0.1) is 11.8 Å². The van der Waals surface area contributed by atoms with Gasteiger partial charge in [0.2, 0.25) is 0 Å². The molecule has 0 amide bonds. The van der Waals surface area contributed by atoms with Crippen molar-refractivity contribution in [2.75, 3.05) is 5.75 Å². The molecule has 0 aliphatic heterocycles. The fourth-order valence-corrected chi connectivity index (χ4v) is 2.55. The SMILES string of the molecule is CCSc1ccc(C(=O)C=Cc2ccccc2C#N)cc1. The van der Waals surface area contributed by atoms with Crippen molar-refractivity contribution in [3.63, 3.8) is 0 Å². The molecule has 2 rings (SSSR count). The van der Waals surface area contributed by atoms with E-state index in [0.717, 1.165) is 16.2 Å². The third kappa shape index (κ3) is 4.08. The molecule has 104 valence electrons. The monoisotopic (exact) mass is 293 g/mol. The molecule has 0 N–H and O–H groups in total. The van der Waals surface area contributed by atoms with Crippen molar-refractivity contribution in [2.24, 2.45) is 0 Å². The highest BCUT2D eigenvalue weighted by molar-refractivity contribution is 7.99. The van der Waals surface area contributed by atoms with E-state index in [1.54, 1.807) is 23.9 Å². The van der Waals surface area contributed by atoms with Crippen LogP contribution in [-0.2, 0) is 0 Å². The minimum absolute atomic E-state index is 0.0595. The lowest BCUT2D eigenvalue weighted by Gasteiger charge is -2.00. The molecule has 0 aliphatic carbocycles. The first-order chi connectivity index (χ1) is 10.2. The van der Waals surface area contributed by atoms with Crippen LogP contribution in [0.25, 0.3) is 6.08 Å². The third-order valence-electron chi connectivity index (χ3n) is 2.95. The third-order valence-corrected chi connectivity index (χ3v) is 3.84. The van der Waals surface area contributed by atoms with Gasteiger partial charge >= 0.3 is 0 Å². The van der Waals surface area contributed by atoms with Gasteiger partial charge in [0, 0.05) is 10.5 Å². The van der Waals surface area contributed by atoms with Crippen LogP contribution < -0.4 is 0 Å². The van der Waals surface area contributed by atoms with Crippen LogP contribution in [0.1, 0.15) is 28.4 Å². The van der Waals surface area contributed by atoms with Gasteiger partial charge in [-0.05, 0) is 53.8 Å². The second-order valence-electron chi connectivity index (χ2n) is 4.35. The lowest BCUT2D eigenvalue weighted by molar-refractivity contribution is 0.104. The van der Waals surface area contributed by atoms with Crippen LogP contribution in [0, 0.1) is 11.3 Å². The van der Waals surface area contributed by atoms with E-state index in [2.05, 4.69) is 13.0 Å². The molecule has 21 heavy (non-hydrogen) atoms. The molecule has 0 heterocycles. The van der Waals surface area contributed by atoms with Crippen molar-refractivity contribution < 1.29 is 4.79 Å². The van der Waals surface area contributed by atoms with Crippen LogP contribution >= 0.6 is 11.8 Å². The summed E-state index contributed by atoms with van der Waals surface area (Å²) in [6, 6.07) is 16.9. The molecule has 0 saturated heterocycles. The van der Waals surface area contributed by atoms with Crippen LogP contribution in [0.2, 0.25) is 0 Å². The molecule has 2 aromatic carbocycles. The van der Waals surface area contributed by atoms with Gasteiger partial charge in [-0.1, -0.05) is 25.1 Å². The maximum Gasteiger partial charge on any atom is 0.185 e. The molecule has 3 heteroatoms. The zero-order valence-corrected chi connectivity index (χ0v) is 12.6. The van der Waals surface area contributed by atoms with Crippen LogP contribution in [-0.4, -0.2) is 11.5 Å². The molecule has 0 unspecified atom stereocenters. The quantitative estimate of drug-likeness (QED) is 0.461. The average molecular weight is 293 g/mol. The summed E-state index contributed by atoms with van der Waals surface area (Å²) >= 11 is 1.75. The van der Waals surface area contributed by atoms with Crippen molar-refractivity contribution in [1.82, 2.24) is 0 Å². The molecule has 0 aromatic heterocycles. The van der Waals surface area contributed by atoms with Crippen molar-refractivity contribution in [2.45, 2.75) is 11.8 Å². The Labute approximate surface area is 129 Å². The molecule has 0 bridgehead atoms. The lowest BCUT2D eigenvalue weighted by atomic mass is 10.1. The van der Waals surface area contributed by atoms with E-state index >= 15 is 0 Å². The largest absolute Gasteiger partial charge is 0.289 e. The average Bonchev–Trinajstić information content (AvgIpc) is 2.54. The van der Waals surface area contributed by atoms with Gasteiger partial charge in [0.05, 0.1) is 11.6 Å². The van der Waals surface area contributed by atoms with E-state index in [0.29, 0.717) is 11.1 Å². The number of carbonyl (C=O) groups excluding carboxylic acids is 1. The standard InChI is InChI=1S/C18H15NOS/c1-2-21-17-10-7-15(8-11-17)18(20)12-9-14-5-3-4-6-16(14)13-19/h3-12H,2H2,1H3. The first-order valence-electron chi connectivity index (χ1n) is 6.69.